The summed E-state index contributed by atoms with van der Waals surface area (Å²) in [4.78, 5) is 10.9. The molecule has 2 aromatic rings. The number of H-pyrrole nitrogens is 1. The molecule has 16 heavy (non-hydrogen) atoms. The van der Waals surface area contributed by atoms with Gasteiger partial charge in [0.1, 0.15) is 5.75 Å². The van der Waals surface area contributed by atoms with Gasteiger partial charge in [-0.1, -0.05) is 0 Å². The molecule has 5 heteroatoms. The van der Waals surface area contributed by atoms with Crippen molar-refractivity contribution >= 4 is 22.6 Å². The Morgan fingerprint density at radius 2 is 2.12 bits per heavy atom. The summed E-state index contributed by atoms with van der Waals surface area (Å²) in [5.74, 6) is 0.803. The van der Waals surface area contributed by atoms with Gasteiger partial charge in [0.15, 0.2) is 0 Å². The van der Waals surface area contributed by atoms with Crippen LogP contribution < -0.4 is 10.3 Å². The highest BCUT2D eigenvalue weighted by molar-refractivity contribution is 14.1. The molecule has 0 fully saturated rings. The third kappa shape index (κ3) is 2.24. The number of ether oxygens (including phenoxy) is 1. The second-order valence-corrected chi connectivity index (χ2v) is 4.31. The minimum absolute atomic E-state index is 0.202. The van der Waals surface area contributed by atoms with E-state index in [1.165, 1.54) is 6.07 Å². The SMILES string of the molecule is COc1ccc(-c2ccc(=O)[nH]n2)c(I)c1. The molecule has 0 amide bonds. The molecule has 0 aliphatic heterocycles. The van der Waals surface area contributed by atoms with Crippen LogP contribution in [-0.4, -0.2) is 17.3 Å². The van der Waals surface area contributed by atoms with Crippen molar-refractivity contribution in [3.8, 4) is 17.0 Å². The van der Waals surface area contributed by atoms with Crippen molar-refractivity contribution in [1.29, 1.82) is 0 Å². The number of nitrogens with one attached hydrogen (secondary N) is 1. The Morgan fingerprint density at radius 3 is 2.69 bits per heavy atom. The highest BCUT2D eigenvalue weighted by Crippen LogP contribution is 2.26. The van der Waals surface area contributed by atoms with Gasteiger partial charge in [-0.2, -0.15) is 5.10 Å². The molecule has 0 radical (unpaired) electrons. The van der Waals surface area contributed by atoms with Gasteiger partial charge in [-0.25, -0.2) is 5.10 Å². The number of hydrogen-bond donors (Lipinski definition) is 1. The Morgan fingerprint density at radius 1 is 1.31 bits per heavy atom. The van der Waals surface area contributed by atoms with E-state index in [0.717, 1.165) is 20.6 Å². The molecule has 1 heterocycles. The van der Waals surface area contributed by atoms with Crippen molar-refractivity contribution in [2.75, 3.05) is 7.11 Å². The van der Waals surface area contributed by atoms with E-state index in [0.29, 0.717) is 0 Å². The minimum atomic E-state index is -0.202. The lowest BCUT2D eigenvalue weighted by molar-refractivity contribution is 0.414. The lowest BCUT2D eigenvalue weighted by Gasteiger charge is -2.05. The van der Waals surface area contributed by atoms with E-state index in [1.54, 1.807) is 13.2 Å². The molecule has 0 saturated heterocycles. The molecule has 0 aliphatic carbocycles. The number of aromatic nitrogens is 2. The van der Waals surface area contributed by atoms with Gasteiger partial charge in [0.25, 0.3) is 5.56 Å². The molecule has 0 aliphatic rings. The summed E-state index contributed by atoms with van der Waals surface area (Å²) in [5.41, 5.74) is 1.51. The van der Waals surface area contributed by atoms with Crippen LogP contribution >= 0.6 is 22.6 Å². The smallest absolute Gasteiger partial charge is 0.264 e. The van der Waals surface area contributed by atoms with Crippen molar-refractivity contribution < 1.29 is 4.74 Å². The van der Waals surface area contributed by atoms with Gasteiger partial charge in [0.2, 0.25) is 0 Å². The van der Waals surface area contributed by atoms with Gasteiger partial charge in [0, 0.05) is 15.2 Å². The van der Waals surface area contributed by atoms with Crippen LogP contribution in [0, 0.1) is 3.57 Å². The van der Waals surface area contributed by atoms with Gasteiger partial charge < -0.3 is 4.74 Å². The average Bonchev–Trinajstić information content (AvgIpc) is 2.30. The number of halogens is 1. The Bertz CT molecular complexity index is 546. The Kier molecular flexibility index (Phi) is 3.23. The summed E-state index contributed by atoms with van der Waals surface area (Å²) < 4.78 is 6.15. The molecule has 0 spiro atoms. The molecule has 1 aromatic heterocycles. The predicted molar refractivity (Wildman–Crippen MR) is 69.6 cm³/mol. The van der Waals surface area contributed by atoms with E-state index in [-0.39, 0.29) is 5.56 Å². The summed E-state index contributed by atoms with van der Waals surface area (Å²) in [7, 11) is 1.63. The lowest BCUT2D eigenvalue weighted by atomic mass is 10.1. The first kappa shape index (κ1) is 11.1. The molecule has 0 atom stereocenters. The highest BCUT2D eigenvalue weighted by atomic mass is 127. The van der Waals surface area contributed by atoms with Crippen LogP contribution in [0.2, 0.25) is 0 Å². The second kappa shape index (κ2) is 4.65. The molecular formula is C11H9IN2O2. The van der Waals surface area contributed by atoms with E-state index in [1.807, 2.05) is 18.2 Å². The van der Waals surface area contributed by atoms with Crippen molar-refractivity contribution in [3.63, 3.8) is 0 Å². The van der Waals surface area contributed by atoms with Crippen LogP contribution in [0.3, 0.4) is 0 Å². The molecule has 1 aromatic carbocycles. The van der Waals surface area contributed by atoms with Gasteiger partial charge in [-0.15, -0.1) is 0 Å². The number of aromatic amines is 1. The van der Waals surface area contributed by atoms with E-state index in [2.05, 4.69) is 32.8 Å². The van der Waals surface area contributed by atoms with E-state index >= 15 is 0 Å². The highest BCUT2D eigenvalue weighted by Gasteiger charge is 2.05. The van der Waals surface area contributed by atoms with Crippen LogP contribution in [-0.2, 0) is 0 Å². The van der Waals surface area contributed by atoms with Crippen molar-refractivity contribution in [1.82, 2.24) is 10.2 Å². The van der Waals surface area contributed by atoms with Crippen LogP contribution in [0.4, 0.5) is 0 Å². The normalized spacial score (nSPS) is 10.1. The quantitative estimate of drug-likeness (QED) is 0.859. The standard InChI is InChI=1S/C11H9IN2O2/c1-16-7-2-3-8(9(12)6-7)10-4-5-11(15)14-13-10/h2-6H,1H3,(H,14,15). The first-order valence-electron chi connectivity index (χ1n) is 4.60. The van der Waals surface area contributed by atoms with Crippen LogP contribution in [0.15, 0.2) is 35.1 Å². The van der Waals surface area contributed by atoms with Crippen molar-refractivity contribution in [2.24, 2.45) is 0 Å². The monoisotopic (exact) mass is 328 g/mol. The second-order valence-electron chi connectivity index (χ2n) is 3.15. The van der Waals surface area contributed by atoms with Gasteiger partial charge >= 0.3 is 0 Å². The zero-order valence-electron chi connectivity index (χ0n) is 8.53. The number of methoxy groups -OCH3 is 1. The molecule has 0 bridgehead atoms. The molecular weight excluding hydrogens is 319 g/mol. The number of rotatable bonds is 2. The fourth-order valence-electron chi connectivity index (χ4n) is 1.33. The fraction of sp³-hybridized carbons (Fsp3) is 0.0909. The van der Waals surface area contributed by atoms with Crippen LogP contribution in [0.25, 0.3) is 11.3 Å². The maximum atomic E-state index is 10.9. The molecule has 0 unspecified atom stereocenters. The topological polar surface area (TPSA) is 55.0 Å². The summed E-state index contributed by atoms with van der Waals surface area (Å²) in [5, 5.41) is 6.40. The molecule has 1 N–H and O–H groups in total. The Labute approximate surface area is 106 Å². The van der Waals surface area contributed by atoms with Gasteiger partial charge in [-0.05, 0) is 46.9 Å². The lowest BCUT2D eigenvalue weighted by Crippen LogP contribution is -2.05. The third-order valence-corrected chi connectivity index (χ3v) is 3.02. The van der Waals surface area contributed by atoms with Crippen molar-refractivity contribution in [2.45, 2.75) is 0 Å². The zero-order chi connectivity index (χ0) is 11.5. The summed E-state index contributed by atoms with van der Waals surface area (Å²) in [6.07, 6.45) is 0. The van der Waals surface area contributed by atoms with Crippen LogP contribution in [0.1, 0.15) is 0 Å². The zero-order valence-corrected chi connectivity index (χ0v) is 10.7. The summed E-state index contributed by atoms with van der Waals surface area (Å²) in [6, 6.07) is 8.86. The minimum Gasteiger partial charge on any atom is -0.497 e. The van der Waals surface area contributed by atoms with Gasteiger partial charge in [-0.3, -0.25) is 4.79 Å². The van der Waals surface area contributed by atoms with E-state index in [9.17, 15) is 4.79 Å². The number of benzene rings is 1. The largest absolute Gasteiger partial charge is 0.497 e. The average molecular weight is 328 g/mol. The predicted octanol–water partition coefficient (Wildman–Crippen LogP) is 2.05. The third-order valence-electron chi connectivity index (χ3n) is 2.13. The first-order chi connectivity index (χ1) is 7.70. The Balaban J connectivity index is 2.48. The molecule has 0 saturated carbocycles. The maximum absolute atomic E-state index is 10.9. The van der Waals surface area contributed by atoms with E-state index < -0.39 is 0 Å². The van der Waals surface area contributed by atoms with Crippen molar-refractivity contribution in [3.05, 3.63) is 44.3 Å². The summed E-state index contributed by atoms with van der Waals surface area (Å²) >= 11 is 2.21. The Hall–Kier alpha value is -1.37. The first-order valence-corrected chi connectivity index (χ1v) is 5.68. The van der Waals surface area contributed by atoms with Gasteiger partial charge in [0.05, 0.1) is 12.8 Å². The maximum Gasteiger partial charge on any atom is 0.264 e. The molecule has 4 nitrogen and oxygen atoms in total. The fourth-order valence-corrected chi connectivity index (χ4v) is 2.09. The van der Waals surface area contributed by atoms with Crippen LogP contribution in [0.5, 0.6) is 5.75 Å². The molecule has 2 rings (SSSR count). The van der Waals surface area contributed by atoms with E-state index in [4.69, 9.17) is 4.74 Å². The molecule has 82 valence electrons. The number of hydrogen-bond acceptors (Lipinski definition) is 3. The number of nitrogens with zero attached hydrogens (tertiary/aromatic N) is 1. The summed E-state index contributed by atoms with van der Waals surface area (Å²) in [6.45, 7) is 0.